The third-order valence-electron chi connectivity index (χ3n) is 3.46. The molecule has 0 aliphatic rings. The van der Waals surface area contributed by atoms with Crippen LogP contribution in [-0.2, 0) is 9.53 Å². The second kappa shape index (κ2) is 6.93. The second-order valence-corrected chi connectivity index (χ2v) is 5.29. The van der Waals surface area contributed by atoms with Gasteiger partial charge in [-0.3, -0.25) is 0 Å². The molecule has 1 N–H and O–H groups in total. The number of benzene rings is 2. The van der Waals surface area contributed by atoms with Gasteiger partial charge in [-0.15, -0.1) is 0 Å². The van der Waals surface area contributed by atoms with Crippen molar-refractivity contribution in [1.29, 1.82) is 0 Å². The first-order valence-electron chi connectivity index (χ1n) is 7.11. The lowest BCUT2D eigenvalue weighted by Crippen LogP contribution is -2.22. The number of nitrogens with one attached hydrogen (secondary N) is 1. The second-order valence-electron chi connectivity index (χ2n) is 5.29. The molecule has 0 amide bonds. The normalized spacial score (nSPS) is 12.0. The van der Waals surface area contributed by atoms with E-state index < -0.39 is 6.04 Å². The molecular weight excluding hydrogens is 262 g/mol. The van der Waals surface area contributed by atoms with Crippen LogP contribution < -0.4 is 5.32 Å². The Morgan fingerprint density at radius 1 is 0.952 bits per heavy atom. The predicted octanol–water partition coefficient (Wildman–Crippen LogP) is 4.14. The molecule has 110 valence electrons. The molecule has 1 atom stereocenters. The summed E-state index contributed by atoms with van der Waals surface area (Å²) in [5.74, 6) is 0.193. The van der Waals surface area contributed by atoms with Gasteiger partial charge < -0.3 is 10.1 Å². The van der Waals surface area contributed by atoms with Crippen molar-refractivity contribution < 1.29 is 9.53 Å². The van der Waals surface area contributed by atoms with Crippen LogP contribution in [0.15, 0.2) is 54.6 Å². The zero-order valence-corrected chi connectivity index (χ0v) is 12.7. The number of carbonyl (C=O) groups excluding carboxylic acids is 1. The van der Waals surface area contributed by atoms with Crippen LogP contribution in [0.1, 0.15) is 36.9 Å². The van der Waals surface area contributed by atoms with E-state index in [0.717, 1.165) is 11.3 Å². The highest BCUT2D eigenvalue weighted by atomic mass is 16.5. The van der Waals surface area contributed by atoms with Crippen LogP contribution in [0.5, 0.6) is 0 Å². The summed E-state index contributed by atoms with van der Waals surface area (Å²) < 4.78 is 4.90. The molecule has 0 saturated heterocycles. The van der Waals surface area contributed by atoms with E-state index in [1.165, 1.54) is 12.7 Å². The molecule has 2 aromatic carbocycles. The Bertz CT molecular complexity index is 576. The highest BCUT2D eigenvalue weighted by Crippen LogP contribution is 2.23. The van der Waals surface area contributed by atoms with Gasteiger partial charge in [-0.2, -0.15) is 0 Å². The molecule has 0 fully saturated rings. The zero-order valence-electron chi connectivity index (χ0n) is 12.7. The maximum absolute atomic E-state index is 12.0. The maximum Gasteiger partial charge on any atom is 0.332 e. The smallest absolute Gasteiger partial charge is 0.332 e. The van der Waals surface area contributed by atoms with Gasteiger partial charge >= 0.3 is 5.97 Å². The van der Waals surface area contributed by atoms with Gasteiger partial charge in [0.2, 0.25) is 0 Å². The molecule has 2 rings (SSSR count). The molecular formula is C18H21NO2. The first-order valence-corrected chi connectivity index (χ1v) is 7.11. The average molecular weight is 283 g/mol. The number of methoxy groups -OCH3 is 1. The Morgan fingerprint density at radius 3 is 2.10 bits per heavy atom. The molecule has 0 radical (unpaired) electrons. The Morgan fingerprint density at radius 2 is 1.57 bits per heavy atom. The van der Waals surface area contributed by atoms with Gasteiger partial charge in [0.25, 0.3) is 0 Å². The van der Waals surface area contributed by atoms with E-state index in [-0.39, 0.29) is 5.97 Å². The minimum atomic E-state index is -0.499. The fourth-order valence-electron chi connectivity index (χ4n) is 2.17. The number of carbonyl (C=O) groups is 1. The van der Waals surface area contributed by atoms with Crippen LogP contribution in [0.3, 0.4) is 0 Å². The SMILES string of the molecule is COC(=O)C(Nc1ccc(C(C)C)cc1)c1ccccc1. The molecule has 0 bridgehead atoms. The number of anilines is 1. The summed E-state index contributed by atoms with van der Waals surface area (Å²) in [4.78, 5) is 12.0. The van der Waals surface area contributed by atoms with Crippen molar-refractivity contribution in [2.75, 3.05) is 12.4 Å². The summed E-state index contributed by atoms with van der Waals surface area (Å²) in [5, 5.41) is 3.24. The maximum atomic E-state index is 12.0. The molecule has 3 heteroatoms. The predicted molar refractivity (Wildman–Crippen MR) is 85.4 cm³/mol. The number of esters is 1. The average Bonchev–Trinajstić information content (AvgIpc) is 2.53. The van der Waals surface area contributed by atoms with Crippen LogP contribution in [0.4, 0.5) is 5.69 Å². The van der Waals surface area contributed by atoms with Crippen LogP contribution in [0.2, 0.25) is 0 Å². The number of rotatable bonds is 5. The lowest BCUT2D eigenvalue weighted by molar-refractivity contribution is -0.141. The standard InChI is InChI=1S/C18H21NO2/c1-13(2)14-9-11-16(12-10-14)19-17(18(20)21-3)15-7-5-4-6-8-15/h4-13,17,19H,1-3H3. The Labute approximate surface area is 126 Å². The van der Waals surface area contributed by atoms with Crippen molar-refractivity contribution in [2.24, 2.45) is 0 Å². The number of ether oxygens (including phenoxy) is 1. The Hall–Kier alpha value is -2.29. The molecule has 21 heavy (non-hydrogen) atoms. The van der Waals surface area contributed by atoms with Crippen LogP contribution in [-0.4, -0.2) is 13.1 Å². The van der Waals surface area contributed by atoms with Gasteiger partial charge in [-0.05, 0) is 29.2 Å². The van der Waals surface area contributed by atoms with E-state index in [4.69, 9.17) is 4.74 Å². The lowest BCUT2D eigenvalue weighted by Gasteiger charge is -2.18. The molecule has 3 nitrogen and oxygen atoms in total. The largest absolute Gasteiger partial charge is 0.467 e. The molecule has 0 heterocycles. The van der Waals surface area contributed by atoms with E-state index in [0.29, 0.717) is 5.92 Å². The van der Waals surface area contributed by atoms with Crippen molar-refractivity contribution in [3.63, 3.8) is 0 Å². The van der Waals surface area contributed by atoms with E-state index in [1.54, 1.807) is 0 Å². The fourth-order valence-corrected chi connectivity index (χ4v) is 2.17. The third kappa shape index (κ3) is 3.85. The van der Waals surface area contributed by atoms with Gasteiger partial charge in [0.1, 0.15) is 0 Å². The van der Waals surface area contributed by atoms with Crippen LogP contribution in [0.25, 0.3) is 0 Å². The van der Waals surface area contributed by atoms with Crippen molar-refractivity contribution in [3.8, 4) is 0 Å². The number of hydrogen-bond acceptors (Lipinski definition) is 3. The first kappa shape index (κ1) is 15.1. The van der Waals surface area contributed by atoms with Crippen LogP contribution >= 0.6 is 0 Å². The fraction of sp³-hybridized carbons (Fsp3) is 0.278. The summed E-state index contributed by atoms with van der Waals surface area (Å²) in [6.07, 6.45) is 0. The molecule has 0 aromatic heterocycles. The molecule has 0 aliphatic carbocycles. The van der Waals surface area contributed by atoms with Crippen molar-refractivity contribution in [1.82, 2.24) is 0 Å². The first-order chi connectivity index (χ1) is 10.1. The minimum Gasteiger partial charge on any atom is -0.467 e. The van der Waals surface area contributed by atoms with Gasteiger partial charge in [0, 0.05) is 5.69 Å². The summed E-state index contributed by atoms with van der Waals surface area (Å²) in [7, 11) is 1.40. The summed E-state index contributed by atoms with van der Waals surface area (Å²) in [6.45, 7) is 4.31. The van der Waals surface area contributed by atoms with Crippen molar-refractivity contribution >= 4 is 11.7 Å². The van der Waals surface area contributed by atoms with Gasteiger partial charge in [-0.1, -0.05) is 56.3 Å². The summed E-state index contributed by atoms with van der Waals surface area (Å²) in [6, 6.07) is 17.2. The molecule has 2 aromatic rings. The molecule has 0 aliphatic heterocycles. The van der Waals surface area contributed by atoms with Gasteiger partial charge in [0.05, 0.1) is 7.11 Å². The molecule has 0 spiro atoms. The highest BCUT2D eigenvalue weighted by molar-refractivity contribution is 5.81. The Kier molecular flexibility index (Phi) is 4.99. The lowest BCUT2D eigenvalue weighted by atomic mass is 10.0. The third-order valence-corrected chi connectivity index (χ3v) is 3.46. The summed E-state index contributed by atoms with van der Waals surface area (Å²) >= 11 is 0. The summed E-state index contributed by atoms with van der Waals surface area (Å²) in [5.41, 5.74) is 3.06. The van der Waals surface area contributed by atoms with Crippen molar-refractivity contribution in [3.05, 3.63) is 65.7 Å². The van der Waals surface area contributed by atoms with E-state index >= 15 is 0 Å². The monoisotopic (exact) mass is 283 g/mol. The Balaban J connectivity index is 2.21. The zero-order chi connectivity index (χ0) is 15.2. The van der Waals surface area contributed by atoms with Gasteiger partial charge in [-0.25, -0.2) is 4.79 Å². The van der Waals surface area contributed by atoms with E-state index in [1.807, 2.05) is 42.5 Å². The quantitative estimate of drug-likeness (QED) is 0.838. The highest BCUT2D eigenvalue weighted by Gasteiger charge is 2.20. The minimum absolute atomic E-state index is 0.297. The van der Waals surface area contributed by atoms with Gasteiger partial charge in [0.15, 0.2) is 6.04 Å². The van der Waals surface area contributed by atoms with E-state index in [9.17, 15) is 4.79 Å². The van der Waals surface area contributed by atoms with Crippen molar-refractivity contribution in [2.45, 2.75) is 25.8 Å². The topological polar surface area (TPSA) is 38.3 Å². The van der Waals surface area contributed by atoms with Crippen LogP contribution in [0, 0.1) is 0 Å². The molecule has 0 saturated carbocycles. The number of hydrogen-bond donors (Lipinski definition) is 1. The molecule has 1 unspecified atom stereocenters. The van der Waals surface area contributed by atoms with E-state index in [2.05, 4.69) is 31.3 Å².